The molecular weight excluding hydrogens is 190 g/mol. The first kappa shape index (κ1) is 9.42. The average Bonchev–Trinajstić information content (AvgIpc) is 2.30. The molecule has 1 aromatic heterocycles. The van der Waals surface area contributed by atoms with Gasteiger partial charge in [0.15, 0.2) is 5.69 Å². The summed E-state index contributed by atoms with van der Waals surface area (Å²) in [6.45, 7) is 0. The Hall–Kier alpha value is -2.14. The van der Waals surface area contributed by atoms with Crippen LogP contribution < -0.4 is 21.7 Å². The fourth-order valence-corrected chi connectivity index (χ4v) is 1.32. The van der Waals surface area contributed by atoms with Gasteiger partial charge in [0.25, 0.3) is 0 Å². The molecule has 5 nitrogen and oxygen atoms in total. The fraction of sp³-hybridized carbons (Fsp3) is 0. The Morgan fingerprint density at radius 3 is 2.60 bits per heavy atom. The Bertz CT molecular complexity index is 455. The molecule has 0 saturated heterocycles. The standard InChI is InChI=1S/C10H11N5/c11-8-6-10(14-12)15(13-7-8)9-4-2-1-3-5-9/h1-7H,(H4,11,12,13,14)/p+1. The number of benzene rings is 1. The molecule has 0 spiro atoms. The van der Waals surface area contributed by atoms with Gasteiger partial charge < -0.3 is 5.73 Å². The normalized spacial score (nSPS) is 9.93. The molecule has 1 heterocycles. The van der Waals surface area contributed by atoms with Crippen molar-refractivity contribution in [2.45, 2.75) is 0 Å². The van der Waals surface area contributed by atoms with E-state index in [9.17, 15) is 0 Å². The number of nitrogens with two attached hydrogens (primary N) is 2. The molecule has 0 unspecified atom stereocenters. The lowest BCUT2D eigenvalue weighted by Gasteiger charge is -2.02. The van der Waals surface area contributed by atoms with Crippen LogP contribution in [0.15, 0.2) is 42.6 Å². The van der Waals surface area contributed by atoms with Crippen LogP contribution in [0.1, 0.15) is 0 Å². The molecular formula is C10H12N5+. The third kappa shape index (κ3) is 1.87. The smallest absolute Gasteiger partial charge is 0.320 e. The summed E-state index contributed by atoms with van der Waals surface area (Å²) in [6, 6.07) is 11.4. The van der Waals surface area contributed by atoms with E-state index in [1.54, 1.807) is 16.9 Å². The number of hydrogen-bond donors (Lipinski definition) is 3. The van der Waals surface area contributed by atoms with E-state index in [1.165, 1.54) is 0 Å². The first-order chi connectivity index (χ1) is 7.31. The first-order valence-electron chi connectivity index (χ1n) is 4.51. The minimum Gasteiger partial charge on any atom is -0.397 e. The Kier molecular flexibility index (Phi) is 2.47. The minimum atomic E-state index is 0.565. The highest BCUT2D eigenvalue weighted by atomic mass is 15.4. The monoisotopic (exact) mass is 202 g/mol. The van der Waals surface area contributed by atoms with E-state index in [0.717, 1.165) is 5.69 Å². The summed E-state index contributed by atoms with van der Waals surface area (Å²) in [4.78, 5) is 0. The van der Waals surface area contributed by atoms with Gasteiger partial charge in [-0.05, 0) is 12.1 Å². The zero-order valence-corrected chi connectivity index (χ0v) is 8.09. The van der Waals surface area contributed by atoms with Crippen molar-refractivity contribution in [1.82, 2.24) is 5.10 Å². The van der Waals surface area contributed by atoms with E-state index < -0.39 is 0 Å². The second kappa shape index (κ2) is 3.93. The van der Waals surface area contributed by atoms with Crippen LogP contribution >= 0.6 is 0 Å². The molecule has 76 valence electrons. The molecule has 0 saturated carbocycles. The van der Waals surface area contributed by atoms with Crippen LogP contribution in [0.3, 0.4) is 0 Å². The topological polar surface area (TPSA) is 80.8 Å². The van der Waals surface area contributed by atoms with E-state index in [0.29, 0.717) is 11.5 Å². The highest BCUT2D eigenvalue weighted by molar-refractivity contribution is 5.43. The van der Waals surface area contributed by atoms with Gasteiger partial charge in [0.1, 0.15) is 0 Å². The van der Waals surface area contributed by atoms with Crippen LogP contribution in [0.4, 0.5) is 11.5 Å². The Balaban J connectivity index is 2.53. The zero-order valence-electron chi connectivity index (χ0n) is 8.09. The number of anilines is 2. The van der Waals surface area contributed by atoms with E-state index in [2.05, 4.69) is 10.5 Å². The Morgan fingerprint density at radius 2 is 1.93 bits per heavy atom. The molecule has 0 amide bonds. The van der Waals surface area contributed by atoms with Crippen LogP contribution in [0, 0.1) is 0 Å². The molecule has 5 N–H and O–H groups in total. The number of hydrazine groups is 1. The van der Waals surface area contributed by atoms with Crippen LogP contribution in [-0.2, 0) is 0 Å². The fourth-order valence-electron chi connectivity index (χ4n) is 1.32. The molecule has 1 aromatic carbocycles. The van der Waals surface area contributed by atoms with Gasteiger partial charge in [-0.1, -0.05) is 28.0 Å². The number of nitrogens with one attached hydrogen (secondary N) is 1. The molecule has 2 aromatic rings. The predicted molar refractivity (Wildman–Crippen MR) is 58.0 cm³/mol. The molecule has 0 aliphatic heterocycles. The van der Waals surface area contributed by atoms with Crippen molar-refractivity contribution in [1.29, 1.82) is 0 Å². The summed E-state index contributed by atoms with van der Waals surface area (Å²) in [5.41, 5.74) is 9.65. The van der Waals surface area contributed by atoms with Gasteiger partial charge in [-0.25, -0.2) is 0 Å². The maximum Gasteiger partial charge on any atom is 0.320 e. The summed E-state index contributed by atoms with van der Waals surface area (Å²) >= 11 is 0. The second-order valence-electron chi connectivity index (χ2n) is 3.07. The predicted octanol–water partition coefficient (Wildman–Crippen LogP) is 0.226. The Labute approximate surface area is 87.3 Å². The van der Waals surface area contributed by atoms with Gasteiger partial charge in [-0.15, -0.1) is 0 Å². The molecule has 0 fully saturated rings. The van der Waals surface area contributed by atoms with Gasteiger partial charge in [0, 0.05) is 0 Å². The number of aromatic nitrogens is 2. The summed E-state index contributed by atoms with van der Waals surface area (Å²) in [5, 5.41) is 4.17. The van der Waals surface area contributed by atoms with E-state index in [1.807, 2.05) is 30.3 Å². The summed E-state index contributed by atoms with van der Waals surface area (Å²) in [6.07, 6.45) is 1.58. The summed E-state index contributed by atoms with van der Waals surface area (Å²) < 4.78 is 1.68. The third-order valence-electron chi connectivity index (χ3n) is 2.00. The van der Waals surface area contributed by atoms with Crippen molar-refractivity contribution >= 4 is 11.5 Å². The SMILES string of the molecule is NNc1cc(N)cn[n+]1-c1ccccc1. The van der Waals surface area contributed by atoms with Crippen LogP contribution in [0.25, 0.3) is 5.69 Å². The minimum absolute atomic E-state index is 0.565. The quantitative estimate of drug-likeness (QED) is 0.370. The molecule has 15 heavy (non-hydrogen) atoms. The maximum atomic E-state index is 5.61. The van der Waals surface area contributed by atoms with E-state index in [-0.39, 0.29) is 0 Å². The molecule has 0 aliphatic rings. The van der Waals surface area contributed by atoms with Crippen LogP contribution in [-0.4, -0.2) is 5.10 Å². The third-order valence-corrected chi connectivity index (χ3v) is 2.00. The first-order valence-corrected chi connectivity index (χ1v) is 4.51. The van der Waals surface area contributed by atoms with Crippen LogP contribution in [0.5, 0.6) is 0 Å². The number of hydrogen-bond acceptors (Lipinski definition) is 4. The second-order valence-corrected chi connectivity index (χ2v) is 3.07. The lowest BCUT2D eigenvalue weighted by molar-refractivity contribution is -0.645. The van der Waals surface area contributed by atoms with Crippen molar-refractivity contribution in [3.63, 3.8) is 0 Å². The van der Waals surface area contributed by atoms with Crippen molar-refractivity contribution in [3.05, 3.63) is 42.6 Å². The molecule has 2 rings (SSSR count). The lowest BCUT2D eigenvalue weighted by Crippen LogP contribution is -2.39. The zero-order chi connectivity index (χ0) is 10.7. The van der Waals surface area contributed by atoms with Gasteiger partial charge in [0.2, 0.25) is 0 Å². The maximum absolute atomic E-state index is 5.61. The van der Waals surface area contributed by atoms with Crippen molar-refractivity contribution in [2.75, 3.05) is 11.2 Å². The van der Waals surface area contributed by atoms with Crippen LogP contribution in [0.2, 0.25) is 0 Å². The lowest BCUT2D eigenvalue weighted by atomic mass is 10.3. The van der Waals surface area contributed by atoms with Gasteiger partial charge in [0.05, 0.1) is 18.0 Å². The molecule has 5 heteroatoms. The largest absolute Gasteiger partial charge is 0.397 e. The van der Waals surface area contributed by atoms with Gasteiger partial charge >= 0.3 is 5.82 Å². The summed E-state index contributed by atoms with van der Waals surface area (Å²) in [7, 11) is 0. The average molecular weight is 202 g/mol. The summed E-state index contributed by atoms with van der Waals surface area (Å²) in [5.74, 6) is 6.03. The molecule has 0 radical (unpaired) electrons. The Morgan fingerprint density at radius 1 is 1.20 bits per heavy atom. The van der Waals surface area contributed by atoms with E-state index >= 15 is 0 Å². The van der Waals surface area contributed by atoms with Gasteiger partial charge in [-0.2, -0.15) is 11.3 Å². The van der Waals surface area contributed by atoms with Crippen molar-refractivity contribution in [2.24, 2.45) is 5.84 Å². The highest BCUT2D eigenvalue weighted by Crippen LogP contribution is 2.06. The van der Waals surface area contributed by atoms with Gasteiger partial charge in [-0.3, -0.25) is 0 Å². The number of nitrogens with zero attached hydrogens (tertiary/aromatic N) is 2. The molecule has 0 bridgehead atoms. The number of rotatable bonds is 2. The van der Waals surface area contributed by atoms with E-state index in [4.69, 9.17) is 11.6 Å². The van der Waals surface area contributed by atoms with Crippen molar-refractivity contribution in [3.8, 4) is 5.69 Å². The number of nitrogen functional groups attached to an aromatic ring is 2. The number of para-hydroxylation sites is 1. The highest BCUT2D eigenvalue weighted by Gasteiger charge is 2.11. The molecule has 0 aliphatic carbocycles. The van der Waals surface area contributed by atoms with Crippen molar-refractivity contribution < 1.29 is 4.68 Å². The molecule has 0 atom stereocenters.